The molecule has 0 saturated carbocycles. The fraction of sp³-hybridized carbons (Fsp3) is 0.125. The van der Waals surface area contributed by atoms with E-state index in [-0.39, 0.29) is 11.5 Å². The molecule has 1 fully saturated rings. The average Bonchev–Trinajstić information content (AvgIpc) is 3.64. The molecule has 10 heteroatoms. The van der Waals surface area contributed by atoms with Crippen LogP contribution in [0.3, 0.4) is 0 Å². The Hall–Kier alpha value is -4.67. The van der Waals surface area contributed by atoms with Crippen LogP contribution in [0.15, 0.2) is 105 Å². The molecule has 8 nitrogen and oxygen atoms in total. The van der Waals surface area contributed by atoms with Crippen molar-refractivity contribution in [3.8, 4) is 16.9 Å². The molecule has 3 aromatic carbocycles. The number of carbonyl (C=O) groups excluding carboxylic acids is 1. The van der Waals surface area contributed by atoms with Gasteiger partial charge in [-0.15, -0.1) is 11.3 Å². The number of para-hydroxylation sites is 2. The first-order chi connectivity index (χ1) is 20.3. The molecular weight excluding hydrogens is 565 g/mol. The van der Waals surface area contributed by atoms with E-state index in [9.17, 15) is 9.59 Å². The van der Waals surface area contributed by atoms with E-state index >= 15 is 0 Å². The van der Waals surface area contributed by atoms with Gasteiger partial charge >= 0.3 is 0 Å². The molecule has 6 rings (SSSR count). The molecule has 0 atom stereocenters. The number of aromatic nitrogens is 3. The molecule has 1 aliphatic rings. The van der Waals surface area contributed by atoms with E-state index in [0.717, 1.165) is 28.3 Å². The van der Waals surface area contributed by atoms with Crippen molar-refractivity contribution in [3.63, 3.8) is 0 Å². The van der Waals surface area contributed by atoms with Crippen LogP contribution in [0.2, 0.25) is 0 Å². The van der Waals surface area contributed by atoms with Crippen LogP contribution in [0.4, 0.5) is 16.5 Å². The highest BCUT2D eigenvalue weighted by Crippen LogP contribution is 2.38. The number of carbonyl (C=O) groups is 1. The number of thiazole rings is 1. The molecular formula is C32H28N6O2S2. The first-order valence-electron chi connectivity index (χ1n) is 13.3. The summed E-state index contributed by atoms with van der Waals surface area (Å²) in [6.45, 7) is 1.91. The van der Waals surface area contributed by atoms with Gasteiger partial charge in [-0.2, -0.15) is 4.99 Å². The highest BCUT2D eigenvalue weighted by atomic mass is 32.2. The summed E-state index contributed by atoms with van der Waals surface area (Å²) >= 11 is 2.65. The Kier molecular flexibility index (Phi) is 7.40. The topological polar surface area (TPSA) is 75.7 Å². The van der Waals surface area contributed by atoms with Crippen LogP contribution in [0.25, 0.3) is 23.0 Å². The molecule has 1 saturated heterocycles. The second-order valence-electron chi connectivity index (χ2n) is 9.92. The standard InChI is InChI=1S/C32H28N6O2S2/c1-21-28(30(40)38(36(21)4)25-13-9-6-10-14-25)26-20-41-31(33-26)34-32-37(24-11-7-5-8-12-24)29(39)27(42-32)19-22-15-17-23(18-16-22)35(2)3/h5-20H,1-4H3/b27-19-,34-32?. The lowest BCUT2D eigenvalue weighted by molar-refractivity contribution is -0.113. The molecule has 0 radical (unpaired) electrons. The van der Waals surface area contributed by atoms with Crippen LogP contribution in [0, 0.1) is 6.92 Å². The van der Waals surface area contributed by atoms with Crippen molar-refractivity contribution < 1.29 is 4.79 Å². The van der Waals surface area contributed by atoms with Crippen molar-refractivity contribution in [1.29, 1.82) is 0 Å². The minimum atomic E-state index is -0.150. The number of amidine groups is 1. The molecule has 1 aliphatic heterocycles. The molecule has 0 unspecified atom stereocenters. The van der Waals surface area contributed by atoms with Crippen LogP contribution < -0.4 is 15.4 Å². The SMILES string of the molecule is Cc1c(-c2csc(N=C3S/C(=C\c4ccc(N(C)C)cc4)C(=O)N3c3ccccc3)n2)c(=O)n(-c2ccccc2)n1C. The van der Waals surface area contributed by atoms with E-state index in [1.54, 1.807) is 9.58 Å². The van der Waals surface area contributed by atoms with Crippen molar-refractivity contribution in [3.05, 3.63) is 117 Å². The van der Waals surface area contributed by atoms with Gasteiger partial charge < -0.3 is 4.90 Å². The van der Waals surface area contributed by atoms with Crippen LogP contribution in [-0.2, 0) is 11.8 Å². The van der Waals surface area contributed by atoms with Gasteiger partial charge in [0.2, 0.25) is 5.13 Å². The Labute approximate surface area is 251 Å². The number of amides is 1. The second-order valence-corrected chi connectivity index (χ2v) is 11.8. The van der Waals surface area contributed by atoms with Gasteiger partial charge in [0.1, 0.15) is 0 Å². The molecule has 3 heterocycles. The van der Waals surface area contributed by atoms with Gasteiger partial charge in [-0.3, -0.25) is 19.2 Å². The molecule has 0 bridgehead atoms. The summed E-state index contributed by atoms with van der Waals surface area (Å²) in [7, 11) is 5.85. The molecule has 42 heavy (non-hydrogen) atoms. The van der Waals surface area contributed by atoms with Crippen molar-refractivity contribution in [2.75, 3.05) is 23.9 Å². The summed E-state index contributed by atoms with van der Waals surface area (Å²) in [6, 6.07) is 27.0. The molecule has 2 aromatic heterocycles. The molecule has 0 aliphatic carbocycles. The van der Waals surface area contributed by atoms with Crippen molar-refractivity contribution in [2.45, 2.75) is 6.92 Å². The average molecular weight is 593 g/mol. The highest BCUT2D eigenvalue weighted by molar-refractivity contribution is 8.19. The van der Waals surface area contributed by atoms with E-state index in [2.05, 4.69) is 0 Å². The molecule has 1 amide bonds. The maximum atomic E-state index is 13.7. The summed E-state index contributed by atoms with van der Waals surface area (Å²) in [5.74, 6) is -0.150. The van der Waals surface area contributed by atoms with Crippen molar-refractivity contribution in [2.24, 2.45) is 12.0 Å². The van der Waals surface area contributed by atoms with Crippen molar-refractivity contribution >= 4 is 56.8 Å². The Morgan fingerprint density at radius 2 is 1.52 bits per heavy atom. The smallest absolute Gasteiger partial charge is 0.281 e. The number of thioether (sulfide) groups is 1. The van der Waals surface area contributed by atoms with Crippen LogP contribution >= 0.6 is 23.1 Å². The first kappa shape index (κ1) is 27.5. The lowest BCUT2D eigenvalue weighted by Gasteiger charge is -2.15. The second kappa shape index (κ2) is 11.3. The number of rotatable bonds is 6. The normalized spacial score (nSPS) is 15.2. The fourth-order valence-electron chi connectivity index (χ4n) is 4.75. The number of aliphatic imine (C=N–C) groups is 1. The summed E-state index contributed by atoms with van der Waals surface area (Å²) in [4.78, 5) is 40.9. The van der Waals surface area contributed by atoms with E-state index in [0.29, 0.717) is 26.5 Å². The monoisotopic (exact) mass is 592 g/mol. The zero-order valence-corrected chi connectivity index (χ0v) is 25.2. The third-order valence-electron chi connectivity index (χ3n) is 7.02. The van der Waals surface area contributed by atoms with Crippen molar-refractivity contribution in [1.82, 2.24) is 14.3 Å². The largest absolute Gasteiger partial charge is 0.378 e. The Balaban J connectivity index is 1.37. The number of benzene rings is 3. The van der Waals surface area contributed by atoms with Gasteiger partial charge in [-0.1, -0.05) is 48.5 Å². The number of anilines is 2. The van der Waals surface area contributed by atoms with Gasteiger partial charge in [0.05, 0.1) is 27.5 Å². The predicted molar refractivity (Wildman–Crippen MR) is 174 cm³/mol. The fourth-order valence-corrected chi connectivity index (χ4v) is 6.47. The van der Waals surface area contributed by atoms with E-state index in [1.807, 2.05) is 134 Å². The molecule has 0 spiro atoms. The minimum absolute atomic E-state index is 0.146. The Morgan fingerprint density at radius 3 is 2.17 bits per heavy atom. The predicted octanol–water partition coefficient (Wildman–Crippen LogP) is 6.48. The molecule has 0 N–H and O–H groups in total. The maximum absolute atomic E-state index is 13.7. The Morgan fingerprint density at radius 1 is 0.881 bits per heavy atom. The number of hydrogen-bond acceptors (Lipinski definition) is 7. The summed E-state index contributed by atoms with van der Waals surface area (Å²) in [6.07, 6.45) is 1.89. The third-order valence-corrected chi connectivity index (χ3v) is 8.73. The van der Waals surface area contributed by atoms with Gasteiger partial charge in [-0.05, 0) is 66.7 Å². The quantitative estimate of drug-likeness (QED) is 0.211. The molecule has 210 valence electrons. The van der Waals surface area contributed by atoms with Crippen LogP contribution in [-0.4, -0.2) is 39.5 Å². The minimum Gasteiger partial charge on any atom is -0.378 e. The summed E-state index contributed by atoms with van der Waals surface area (Å²) < 4.78 is 3.48. The zero-order chi connectivity index (χ0) is 29.4. The lowest BCUT2D eigenvalue weighted by atomic mass is 10.2. The van der Waals surface area contributed by atoms with Crippen LogP contribution in [0.1, 0.15) is 11.3 Å². The van der Waals surface area contributed by atoms with E-state index in [1.165, 1.54) is 23.1 Å². The molecule has 5 aromatic rings. The lowest BCUT2D eigenvalue weighted by Crippen LogP contribution is -2.28. The van der Waals surface area contributed by atoms with Gasteiger partial charge in [-0.25, -0.2) is 9.67 Å². The van der Waals surface area contributed by atoms with Gasteiger partial charge in [0, 0.05) is 37.9 Å². The highest BCUT2D eigenvalue weighted by Gasteiger charge is 2.35. The summed E-state index contributed by atoms with van der Waals surface area (Å²) in [5.41, 5.74) is 5.26. The van der Waals surface area contributed by atoms with Gasteiger partial charge in [0.15, 0.2) is 5.17 Å². The zero-order valence-electron chi connectivity index (χ0n) is 23.6. The van der Waals surface area contributed by atoms with E-state index in [4.69, 9.17) is 9.98 Å². The first-order valence-corrected chi connectivity index (χ1v) is 15.0. The Bertz CT molecular complexity index is 1880. The number of nitrogens with zero attached hydrogens (tertiary/aromatic N) is 6. The third kappa shape index (κ3) is 5.10. The number of hydrogen-bond donors (Lipinski definition) is 0. The maximum Gasteiger partial charge on any atom is 0.281 e. The van der Waals surface area contributed by atoms with Crippen LogP contribution in [0.5, 0.6) is 0 Å². The summed E-state index contributed by atoms with van der Waals surface area (Å²) in [5, 5.41) is 2.82. The van der Waals surface area contributed by atoms with Gasteiger partial charge in [0.25, 0.3) is 11.5 Å². The van der Waals surface area contributed by atoms with E-state index < -0.39 is 0 Å².